The number of hydrogen-bond acceptors (Lipinski definition) is 4. The molecule has 1 aliphatic heterocycles. The fraction of sp³-hybridized carbons (Fsp3) is 0.562. The standard InChI is InChI=1S/C16H15Cl2N3O/c1-9-14(8-21)15(10(6-19)7-20)22-16(9,2)11-3-12(17)5-13(18)4-11/h5,10-12,15H,3-4H2,1-2H3. The highest BCUT2D eigenvalue weighted by Crippen LogP contribution is 2.48. The van der Waals surface area contributed by atoms with E-state index in [1.165, 1.54) is 0 Å². The van der Waals surface area contributed by atoms with Gasteiger partial charge in [-0.05, 0) is 38.2 Å². The van der Waals surface area contributed by atoms with Crippen LogP contribution in [0.2, 0.25) is 0 Å². The molecule has 0 saturated carbocycles. The summed E-state index contributed by atoms with van der Waals surface area (Å²) in [6, 6.07) is 5.91. The van der Waals surface area contributed by atoms with E-state index in [4.69, 9.17) is 38.5 Å². The van der Waals surface area contributed by atoms with Gasteiger partial charge in [0.15, 0.2) is 5.92 Å². The van der Waals surface area contributed by atoms with E-state index < -0.39 is 17.6 Å². The summed E-state index contributed by atoms with van der Waals surface area (Å²) < 4.78 is 6.06. The smallest absolute Gasteiger partial charge is 0.164 e. The summed E-state index contributed by atoms with van der Waals surface area (Å²) in [5, 5.41) is 28.1. The van der Waals surface area contributed by atoms with Crippen LogP contribution in [0.1, 0.15) is 26.7 Å². The Kier molecular flexibility index (Phi) is 4.84. The molecule has 0 aromatic heterocycles. The van der Waals surface area contributed by atoms with E-state index in [2.05, 4.69) is 6.07 Å². The Morgan fingerprint density at radius 1 is 1.36 bits per heavy atom. The van der Waals surface area contributed by atoms with Gasteiger partial charge >= 0.3 is 0 Å². The van der Waals surface area contributed by atoms with Crippen molar-refractivity contribution in [2.45, 2.75) is 43.8 Å². The van der Waals surface area contributed by atoms with Crippen LogP contribution < -0.4 is 0 Å². The highest BCUT2D eigenvalue weighted by Gasteiger charge is 2.50. The quantitative estimate of drug-likeness (QED) is 0.719. The van der Waals surface area contributed by atoms with E-state index in [-0.39, 0.29) is 11.3 Å². The largest absolute Gasteiger partial charge is 0.359 e. The maximum absolute atomic E-state index is 9.41. The van der Waals surface area contributed by atoms with Gasteiger partial charge in [0.2, 0.25) is 0 Å². The van der Waals surface area contributed by atoms with Gasteiger partial charge in [-0.1, -0.05) is 17.7 Å². The van der Waals surface area contributed by atoms with Gasteiger partial charge in [-0.25, -0.2) is 0 Å². The van der Waals surface area contributed by atoms with E-state index in [0.717, 1.165) is 5.57 Å². The normalized spacial score (nSPS) is 34.8. The van der Waals surface area contributed by atoms with Gasteiger partial charge in [-0.2, -0.15) is 15.8 Å². The van der Waals surface area contributed by atoms with Crippen LogP contribution in [0.5, 0.6) is 0 Å². The van der Waals surface area contributed by atoms with Crippen molar-refractivity contribution in [3.63, 3.8) is 0 Å². The number of allylic oxidation sites excluding steroid dienone is 2. The maximum atomic E-state index is 9.41. The Bertz CT molecular complexity index is 650. The molecule has 22 heavy (non-hydrogen) atoms. The summed E-state index contributed by atoms with van der Waals surface area (Å²) in [4.78, 5) is 0. The van der Waals surface area contributed by atoms with Crippen molar-refractivity contribution in [2.24, 2.45) is 11.8 Å². The SMILES string of the molecule is CC1=C(C#N)C(C(C#N)C#N)OC1(C)C1CC(Cl)=CC(Cl)C1. The van der Waals surface area contributed by atoms with E-state index in [1.807, 2.05) is 32.1 Å². The second-order valence-electron chi connectivity index (χ2n) is 5.80. The van der Waals surface area contributed by atoms with Crippen LogP contribution in [-0.2, 0) is 4.74 Å². The number of alkyl halides is 1. The third kappa shape index (κ3) is 2.73. The van der Waals surface area contributed by atoms with Crippen LogP contribution >= 0.6 is 23.2 Å². The lowest BCUT2D eigenvalue weighted by molar-refractivity contribution is -0.0651. The minimum atomic E-state index is -1.01. The molecule has 2 aliphatic rings. The van der Waals surface area contributed by atoms with E-state index in [1.54, 1.807) is 0 Å². The van der Waals surface area contributed by atoms with Crippen LogP contribution in [-0.4, -0.2) is 17.1 Å². The predicted molar refractivity (Wildman–Crippen MR) is 82.6 cm³/mol. The lowest BCUT2D eigenvalue weighted by Gasteiger charge is -2.38. The van der Waals surface area contributed by atoms with E-state index >= 15 is 0 Å². The molecule has 0 saturated heterocycles. The van der Waals surface area contributed by atoms with Crippen molar-refractivity contribution in [1.29, 1.82) is 15.8 Å². The lowest BCUT2D eigenvalue weighted by Crippen LogP contribution is -2.40. The molecule has 0 aromatic carbocycles. The lowest BCUT2D eigenvalue weighted by atomic mass is 9.76. The minimum Gasteiger partial charge on any atom is -0.359 e. The molecule has 2 rings (SSSR count). The molecule has 4 unspecified atom stereocenters. The van der Waals surface area contributed by atoms with Crippen molar-refractivity contribution < 1.29 is 4.74 Å². The first-order valence-corrected chi connectivity index (χ1v) is 7.77. The molecule has 0 aromatic rings. The average molecular weight is 336 g/mol. The summed E-state index contributed by atoms with van der Waals surface area (Å²) in [6.45, 7) is 3.70. The molecular formula is C16H15Cl2N3O. The second kappa shape index (κ2) is 6.31. The third-order valence-electron chi connectivity index (χ3n) is 4.60. The molecule has 4 nitrogen and oxygen atoms in total. The van der Waals surface area contributed by atoms with Crippen molar-refractivity contribution in [3.8, 4) is 18.2 Å². The van der Waals surface area contributed by atoms with Gasteiger partial charge in [-0.15, -0.1) is 11.6 Å². The van der Waals surface area contributed by atoms with Crippen LogP contribution in [0, 0.1) is 45.8 Å². The fourth-order valence-corrected chi connectivity index (χ4v) is 3.95. The highest BCUT2D eigenvalue weighted by atomic mass is 35.5. The summed E-state index contributed by atoms with van der Waals surface area (Å²) in [5.74, 6) is -1.01. The Labute approximate surface area is 140 Å². The third-order valence-corrected chi connectivity index (χ3v) is 5.18. The van der Waals surface area contributed by atoms with Crippen LogP contribution in [0.25, 0.3) is 0 Å². The predicted octanol–water partition coefficient (Wildman–Crippen LogP) is 3.79. The summed E-state index contributed by atoms with van der Waals surface area (Å²) in [7, 11) is 0. The number of hydrogen-bond donors (Lipinski definition) is 0. The molecule has 4 atom stereocenters. The Morgan fingerprint density at radius 3 is 2.50 bits per heavy atom. The summed E-state index contributed by atoms with van der Waals surface area (Å²) >= 11 is 12.4. The fourth-order valence-electron chi connectivity index (χ4n) is 3.18. The van der Waals surface area contributed by atoms with Crippen molar-refractivity contribution in [1.82, 2.24) is 0 Å². The molecule has 0 radical (unpaired) electrons. The first kappa shape index (κ1) is 16.9. The average Bonchev–Trinajstić information content (AvgIpc) is 2.72. The highest BCUT2D eigenvalue weighted by molar-refractivity contribution is 6.31. The molecule has 0 amide bonds. The van der Waals surface area contributed by atoms with E-state index in [9.17, 15) is 5.26 Å². The number of ether oxygens (including phenoxy) is 1. The van der Waals surface area contributed by atoms with E-state index in [0.29, 0.717) is 23.4 Å². The molecule has 1 heterocycles. The molecule has 114 valence electrons. The van der Waals surface area contributed by atoms with Gasteiger partial charge in [0.05, 0.1) is 34.8 Å². The monoisotopic (exact) mass is 335 g/mol. The number of nitriles is 3. The molecule has 0 spiro atoms. The molecule has 1 aliphatic carbocycles. The van der Waals surface area contributed by atoms with Crippen molar-refractivity contribution >= 4 is 23.2 Å². The molecule has 0 bridgehead atoms. The molecule has 0 fully saturated rings. The van der Waals surface area contributed by atoms with Crippen LogP contribution in [0.4, 0.5) is 0 Å². The first-order chi connectivity index (χ1) is 10.4. The van der Waals surface area contributed by atoms with Crippen molar-refractivity contribution in [2.75, 3.05) is 0 Å². The molecule has 6 heteroatoms. The first-order valence-electron chi connectivity index (χ1n) is 6.96. The van der Waals surface area contributed by atoms with Crippen LogP contribution in [0.3, 0.4) is 0 Å². The molecule has 0 N–H and O–H groups in total. The zero-order chi connectivity index (χ0) is 16.5. The van der Waals surface area contributed by atoms with Gasteiger partial charge in [0.1, 0.15) is 6.10 Å². The molecular weight excluding hydrogens is 321 g/mol. The van der Waals surface area contributed by atoms with Gasteiger partial charge < -0.3 is 4.74 Å². The number of rotatable bonds is 2. The topological polar surface area (TPSA) is 80.6 Å². The minimum absolute atomic E-state index is 0.00103. The van der Waals surface area contributed by atoms with Crippen LogP contribution in [0.15, 0.2) is 22.3 Å². The summed E-state index contributed by atoms with van der Waals surface area (Å²) in [6.07, 6.45) is 2.27. The van der Waals surface area contributed by atoms with Crippen molar-refractivity contribution in [3.05, 3.63) is 22.3 Å². The summed E-state index contributed by atoms with van der Waals surface area (Å²) in [5.41, 5.74) is 0.381. The number of halogens is 2. The van der Waals surface area contributed by atoms with Gasteiger partial charge in [0.25, 0.3) is 0 Å². The Balaban J connectivity index is 2.40. The Morgan fingerprint density at radius 2 is 2.00 bits per heavy atom. The number of nitrogens with zero attached hydrogens (tertiary/aromatic N) is 3. The maximum Gasteiger partial charge on any atom is 0.164 e. The van der Waals surface area contributed by atoms with Gasteiger partial charge in [-0.3, -0.25) is 0 Å². The zero-order valence-corrected chi connectivity index (χ0v) is 13.8. The zero-order valence-electron chi connectivity index (χ0n) is 12.3. The van der Waals surface area contributed by atoms with Gasteiger partial charge in [0, 0.05) is 5.03 Å². The Hall–Kier alpha value is -1.51. The second-order valence-corrected chi connectivity index (χ2v) is 6.84.